The average molecular weight is 319 g/mol. The number of carbonyl (C=O) groups is 1. The highest BCUT2D eigenvalue weighted by molar-refractivity contribution is 5.72. The molecule has 0 saturated heterocycles. The topological polar surface area (TPSA) is 17.1 Å². The number of aldehydes is 1. The fourth-order valence-electron chi connectivity index (χ4n) is 2.78. The van der Waals surface area contributed by atoms with Crippen LogP contribution in [0, 0.1) is 0 Å². The molecule has 23 heavy (non-hydrogen) atoms. The van der Waals surface area contributed by atoms with Gasteiger partial charge in [-0.2, -0.15) is 0 Å². The van der Waals surface area contributed by atoms with E-state index in [1.165, 1.54) is 64.2 Å². The van der Waals surface area contributed by atoms with E-state index < -0.39 is 0 Å². The summed E-state index contributed by atoms with van der Waals surface area (Å²) in [4.78, 5) is 11.1. The first-order chi connectivity index (χ1) is 11.3. The third kappa shape index (κ3) is 17.1. The minimum Gasteiger partial charge on any atom is -0.298 e. The van der Waals surface area contributed by atoms with Gasteiger partial charge in [0.1, 0.15) is 6.29 Å². The third-order valence-electron chi connectivity index (χ3n) is 4.29. The molecular formula is C22H38O. The first-order valence-corrected chi connectivity index (χ1v) is 9.71. The molecule has 0 heterocycles. The number of unbranched alkanes of at least 4 members (excludes halogenated alkanes) is 12. The summed E-state index contributed by atoms with van der Waals surface area (Å²) in [5, 5.41) is 0. The van der Waals surface area contributed by atoms with Crippen LogP contribution in [0.3, 0.4) is 0 Å². The molecule has 0 aliphatic carbocycles. The van der Waals surface area contributed by atoms with Crippen LogP contribution in [0.25, 0.3) is 0 Å². The van der Waals surface area contributed by atoms with Gasteiger partial charge in [-0.05, 0) is 56.9 Å². The molecule has 1 heteroatoms. The molecule has 0 aromatic rings. The highest BCUT2D eigenvalue weighted by Gasteiger charge is 1.97. The highest BCUT2D eigenvalue weighted by Crippen LogP contribution is 2.13. The Hall–Kier alpha value is -1.11. The number of allylic oxidation sites excluding steroid dienone is 4. The van der Waals surface area contributed by atoms with Crippen LogP contribution in [-0.4, -0.2) is 6.29 Å². The minimum atomic E-state index is 0.965. The predicted octanol–water partition coefficient (Wildman–Crippen LogP) is 7.34. The van der Waals surface area contributed by atoms with Gasteiger partial charge in [0.2, 0.25) is 0 Å². The summed E-state index contributed by atoms with van der Waals surface area (Å²) in [6.45, 7) is 7.49. The van der Waals surface area contributed by atoms with Gasteiger partial charge in [0, 0.05) is 0 Å². The lowest BCUT2D eigenvalue weighted by molar-refractivity contribution is -0.105. The fraction of sp³-hybridized carbons (Fsp3) is 0.682. The molecule has 0 N–H and O–H groups in total. The summed E-state index contributed by atoms with van der Waals surface area (Å²) >= 11 is 0. The van der Waals surface area contributed by atoms with Crippen molar-refractivity contribution in [1.82, 2.24) is 0 Å². The monoisotopic (exact) mass is 318 g/mol. The van der Waals surface area contributed by atoms with Crippen molar-refractivity contribution in [3.05, 3.63) is 37.0 Å². The van der Waals surface area contributed by atoms with Gasteiger partial charge in [-0.25, -0.2) is 0 Å². The second kappa shape index (κ2) is 18.9. The van der Waals surface area contributed by atoms with E-state index in [0.29, 0.717) is 0 Å². The Morgan fingerprint density at radius 2 is 1.04 bits per heavy atom. The van der Waals surface area contributed by atoms with E-state index in [9.17, 15) is 4.79 Å². The van der Waals surface area contributed by atoms with E-state index in [0.717, 1.165) is 44.0 Å². The van der Waals surface area contributed by atoms with Crippen LogP contribution in [0.2, 0.25) is 0 Å². The van der Waals surface area contributed by atoms with Crippen LogP contribution in [0.1, 0.15) is 96.3 Å². The Morgan fingerprint density at radius 3 is 1.52 bits per heavy atom. The van der Waals surface area contributed by atoms with Gasteiger partial charge in [0.05, 0.1) is 0 Å². The second-order valence-electron chi connectivity index (χ2n) is 6.48. The van der Waals surface area contributed by atoms with Crippen LogP contribution in [0.5, 0.6) is 0 Å². The lowest BCUT2D eigenvalue weighted by atomic mass is 10.0. The largest absolute Gasteiger partial charge is 0.298 e. The molecule has 0 bridgehead atoms. The van der Waals surface area contributed by atoms with Gasteiger partial charge in [0.25, 0.3) is 0 Å². The molecule has 1 nitrogen and oxygen atoms in total. The Labute approximate surface area is 144 Å². The Bertz CT molecular complexity index is 314. The summed E-state index contributed by atoms with van der Waals surface area (Å²) in [7, 11) is 0. The third-order valence-corrected chi connectivity index (χ3v) is 4.29. The van der Waals surface area contributed by atoms with Crippen molar-refractivity contribution in [2.75, 3.05) is 0 Å². The molecule has 0 unspecified atom stereocenters. The molecule has 0 aliphatic heterocycles. The molecule has 0 spiro atoms. The molecule has 0 aliphatic rings. The fourth-order valence-corrected chi connectivity index (χ4v) is 2.78. The van der Waals surface area contributed by atoms with Crippen molar-refractivity contribution < 1.29 is 4.79 Å². The van der Waals surface area contributed by atoms with E-state index in [-0.39, 0.29) is 0 Å². The highest BCUT2D eigenvalue weighted by atomic mass is 16.1. The Kier molecular flexibility index (Phi) is 18.0. The molecule has 0 fully saturated rings. The van der Waals surface area contributed by atoms with Gasteiger partial charge >= 0.3 is 0 Å². The number of rotatable bonds is 18. The Morgan fingerprint density at radius 1 is 0.609 bits per heavy atom. The van der Waals surface area contributed by atoms with Crippen molar-refractivity contribution in [3.8, 4) is 0 Å². The second-order valence-corrected chi connectivity index (χ2v) is 6.48. The van der Waals surface area contributed by atoms with Gasteiger partial charge in [0.15, 0.2) is 0 Å². The van der Waals surface area contributed by atoms with Gasteiger partial charge in [-0.15, -0.1) is 13.2 Å². The molecular weight excluding hydrogens is 280 g/mol. The number of hydrogen-bond donors (Lipinski definition) is 0. The maximum absolute atomic E-state index is 11.1. The van der Waals surface area contributed by atoms with E-state index in [1.807, 2.05) is 12.2 Å². The molecule has 0 aromatic carbocycles. The van der Waals surface area contributed by atoms with Crippen molar-refractivity contribution in [3.63, 3.8) is 0 Å². The number of hydrogen-bond acceptors (Lipinski definition) is 1. The van der Waals surface area contributed by atoms with Gasteiger partial charge < -0.3 is 0 Å². The van der Waals surface area contributed by atoms with Crippen LogP contribution in [0.15, 0.2) is 37.0 Å². The molecule has 0 radical (unpaired) electrons. The van der Waals surface area contributed by atoms with E-state index in [1.54, 1.807) is 0 Å². The van der Waals surface area contributed by atoms with E-state index in [2.05, 4.69) is 19.2 Å². The van der Waals surface area contributed by atoms with Crippen molar-refractivity contribution in [2.45, 2.75) is 96.3 Å². The quantitative estimate of drug-likeness (QED) is 0.112. The smallest absolute Gasteiger partial charge is 0.145 e. The SMILES string of the molecule is C=CCCCCCCCC/C=C(\C=O)CCCCCCCC=C. The first-order valence-electron chi connectivity index (χ1n) is 9.71. The first kappa shape index (κ1) is 21.9. The van der Waals surface area contributed by atoms with Crippen LogP contribution < -0.4 is 0 Å². The van der Waals surface area contributed by atoms with Crippen LogP contribution in [-0.2, 0) is 4.79 Å². The summed E-state index contributed by atoms with van der Waals surface area (Å²) in [5.41, 5.74) is 1.02. The normalized spacial score (nSPS) is 11.4. The average Bonchev–Trinajstić information content (AvgIpc) is 2.57. The predicted molar refractivity (Wildman–Crippen MR) is 104 cm³/mol. The lowest BCUT2D eigenvalue weighted by Crippen LogP contribution is -1.88. The molecule has 0 atom stereocenters. The summed E-state index contributed by atoms with van der Waals surface area (Å²) in [6.07, 6.45) is 25.6. The molecule has 0 rings (SSSR count). The Balaban J connectivity index is 3.47. The van der Waals surface area contributed by atoms with Gasteiger partial charge in [-0.3, -0.25) is 4.79 Å². The zero-order valence-electron chi connectivity index (χ0n) is 15.2. The molecule has 0 saturated carbocycles. The van der Waals surface area contributed by atoms with Crippen molar-refractivity contribution in [2.24, 2.45) is 0 Å². The van der Waals surface area contributed by atoms with E-state index >= 15 is 0 Å². The zero-order valence-corrected chi connectivity index (χ0v) is 15.2. The number of carbonyl (C=O) groups excluding carboxylic acids is 1. The van der Waals surface area contributed by atoms with Crippen molar-refractivity contribution >= 4 is 6.29 Å². The summed E-state index contributed by atoms with van der Waals surface area (Å²) < 4.78 is 0. The maximum atomic E-state index is 11.1. The van der Waals surface area contributed by atoms with Crippen molar-refractivity contribution in [1.29, 1.82) is 0 Å². The van der Waals surface area contributed by atoms with Crippen LogP contribution >= 0.6 is 0 Å². The van der Waals surface area contributed by atoms with E-state index in [4.69, 9.17) is 0 Å². The molecule has 0 aromatic heterocycles. The van der Waals surface area contributed by atoms with Gasteiger partial charge in [-0.1, -0.05) is 63.2 Å². The summed E-state index contributed by atoms with van der Waals surface area (Å²) in [6, 6.07) is 0. The molecule has 132 valence electrons. The van der Waals surface area contributed by atoms with Crippen LogP contribution in [0.4, 0.5) is 0 Å². The summed E-state index contributed by atoms with van der Waals surface area (Å²) in [5.74, 6) is 0. The zero-order chi connectivity index (χ0) is 17.0. The minimum absolute atomic E-state index is 0.965. The maximum Gasteiger partial charge on any atom is 0.145 e. The standard InChI is InChI=1S/C22H38O/c1-3-5-7-9-11-12-14-16-18-20-22(21-23)19-17-15-13-10-8-6-4-2/h3-4,20-21H,1-2,5-19H2/b22-20-. The molecule has 0 amide bonds. The lowest BCUT2D eigenvalue weighted by Gasteiger charge is -2.02.